The molecule has 0 spiro atoms. The molecule has 0 saturated carbocycles. The fourth-order valence-electron chi connectivity index (χ4n) is 1.85. The van der Waals surface area contributed by atoms with Crippen LogP contribution in [0.3, 0.4) is 0 Å². The summed E-state index contributed by atoms with van der Waals surface area (Å²) in [4.78, 5) is 16.1. The number of amides is 1. The van der Waals surface area contributed by atoms with Crippen LogP contribution in [0.15, 0.2) is 42.6 Å². The number of pyridine rings is 1. The van der Waals surface area contributed by atoms with Crippen molar-refractivity contribution in [2.75, 3.05) is 13.2 Å². The van der Waals surface area contributed by atoms with Crippen molar-refractivity contribution in [3.05, 3.63) is 58.7 Å². The van der Waals surface area contributed by atoms with Crippen molar-refractivity contribution >= 4 is 17.5 Å². The van der Waals surface area contributed by atoms with E-state index >= 15 is 0 Å². The van der Waals surface area contributed by atoms with Crippen molar-refractivity contribution in [1.29, 1.82) is 0 Å². The lowest BCUT2D eigenvalue weighted by Crippen LogP contribution is -2.25. The highest BCUT2D eigenvalue weighted by Crippen LogP contribution is 2.10. The molecule has 1 N–H and O–H groups in total. The van der Waals surface area contributed by atoms with Gasteiger partial charge in [-0.3, -0.25) is 4.79 Å². The molecule has 0 aliphatic carbocycles. The molecule has 1 aromatic carbocycles. The summed E-state index contributed by atoms with van der Waals surface area (Å²) in [5.41, 5.74) is 1.67. The Balaban J connectivity index is 1.86. The monoisotopic (exact) mass is 304 g/mol. The third-order valence-electron chi connectivity index (χ3n) is 2.90. The first kappa shape index (κ1) is 15.3. The Kier molecular flexibility index (Phi) is 5.58. The molecule has 0 aliphatic heterocycles. The van der Waals surface area contributed by atoms with E-state index in [2.05, 4.69) is 10.3 Å². The first-order valence-electron chi connectivity index (χ1n) is 6.80. The fraction of sp³-hybridized carbons (Fsp3) is 0.250. The van der Waals surface area contributed by atoms with E-state index in [9.17, 15) is 4.79 Å². The number of ether oxygens (including phenoxy) is 1. The second-order valence-corrected chi connectivity index (χ2v) is 4.88. The largest absolute Gasteiger partial charge is 0.478 e. The number of nitrogens with zero attached hydrogens (tertiary/aromatic N) is 1. The minimum Gasteiger partial charge on any atom is -0.478 e. The molecule has 2 rings (SSSR count). The number of hydrogen-bond donors (Lipinski definition) is 1. The first-order chi connectivity index (χ1) is 10.2. The van der Waals surface area contributed by atoms with Crippen LogP contribution >= 0.6 is 11.6 Å². The second kappa shape index (κ2) is 7.64. The molecule has 2 aromatic rings. The number of carbonyl (C=O) groups is 1. The maximum absolute atomic E-state index is 12.0. The minimum atomic E-state index is -0.132. The molecule has 1 heterocycles. The van der Waals surface area contributed by atoms with E-state index in [4.69, 9.17) is 16.3 Å². The van der Waals surface area contributed by atoms with E-state index in [1.165, 1.54) is 0 Å². The molecule has 0 saturated heterocycles. The average Bonchev–Trinajstić information content (AvgIpc) is 2.50. The number of rotatable bonds is 6. The summed E-state index contributed by atoms with van der Waals surface area (Å²) in [6, 6.07) is 10.9. The second-order valence-electron chi connectivity index (χ2n) is 4.45. The molecule has 0 atom stereocenters. The van der Waals surface area contributed by atoms with Gasteiger partial charge in [0.15, 0.2) is 0 Å². The van der Waals surface area contributed by atoms with Crippen molar-refractivity contribution in [1.82, 2.24) is 10.3 Å². The summed E-state index contributed by atoms with van der Waals surface area (Å²) < 4.78 is 5.28. The van der Waals surface area contributed by atoms with Crippen molar-refractivity contribution in [3.8, 4) is 5.88 Å². The van der Waals surface area contributed by atoms with Crippen LogP contribution in [0.25, 0.3) is 0 Å². The number of halogens is 1. The SMILES string of the molecule is CCOc1cc(C(=O)NCCc2ccc(Cl)cc2)ccn1. The van der Waals surface area contributed by atoms with Crippen LogP contribution in [0.1, 0.15) is 22.8 Å². The summed E-state index contributed by atoms with van der Waals surface area (Å²) in [7, 11) is 0. The van der Waals surface area contributed by atoms with Gasteiger partial charge in [-0.2, -0.15) is 0 Å². The molecule has 0 fully saturated rings. The highest BCUT2D eigenvalue weighted by atomic mass is 35.5. The predicted molar refractivity (Wildman–Crippen MR) is 82.9 cm³/mol. The van der Waals surface area contributed by atoms with Crippen LogP contribution < -0.4 is 10.1 Å². The van der Waals surface area contributed by atoms with Crippen LogP contribution in [-0.2, 0) is 6.42 Å². The molecule has 110 valence electrons. The number of carbonyl (C=O) groups excluding carboxylic acids is 1. The van der Waals surface area contributed by atoms with Gasteiger partial charge < -0.3 is 10.1 Å². The Morgan fingerprint density at radius 1 is 1.29 bits per heavy atom. The smallest absolute Gasteiger partial charge is 0.251 e. The van der Waals surface area contributed by atoms with Gasteiger partial charge in [0.1, 0.15) is 0 Å². The lowest BCUT2D eigenvalue weighted by Gasteiger charge is -2.07. The minimum absolute atomic E-state index is 0.132. The summed E-state index contributed by atoms with van der Waals surface area (Å²) in [5, 5.41) is 3.59. The molecule has 21 heavy (non-hydrogen) atoms. The van der Waals surface area contributed by atoms with E-state index in [0.29, 0.717) is 29.6 Å². The third kappa shape index (κ3) is 4.76. The Morgan fingerprint density at radius 3 is 2.76 bits per heavy atom. The lowest BCUT2D eigenvalue weighted by molar-refractivity contribution is 0.0953. The number of hydrogen-bond acceptors (Lipinski definition) is 3. The zero-order valence-corrected chi connectivity index (χ0v) is 12.6. The molecule has 0 bridgehead atoms. The lowest BCUT2D eigenvalue weighted by atomic mass is 10.1. The summed E-state index contributed by atoms with van der Waals surface area (Å²) in [6.45, 7) is 2.96. The topological polar surface area (TPSA) is 51.2 Å². The van der Waals surface area contributed by atoms with Gasteiger partial charge in [0.2, 0.25) is 5.88 Å². The highest BCUT2D eigenvalue weighted by Gasteiger charge is 2.06. The summed E-state index contributed by atoms with van der Waals surface area (Å²) >= 11 is 5.83. The zero-order chi connectivity index (χ0) is 15.1. The molecular formula is C16H17ClN2O2. The Morgan fingerprint density at radius 2 is 2.05 bits per heavy atom. The number of nitrogens with one attached hydrogen (secondary N) is 1. The van der Waals surface area contributed by atoms with Crippen LogP contribution in [0.5, 0.6) is 5.88 Å². The van der Waals surface area contributed by atoms with Gasteiger partial charge in [-0.25, -0.2) is 4.98 Å². The van der Waals surface area contributed by atoms with E-state index in [0.717, 1.165) is 12.0 Å². The zero-order valence-electron chi connectivity index (χ0n) is 11.8. The highest BCUT2D eigenvalue weighted by molar-refractivity contribution is 6.30. The van der Waals surface area contributed by atoms with Gasteiger partial charge in [-0.05, 0) is 37.1 Å². The van der Waals surface area contributed by atoms with Gasteiger partial charge >= 0.3 is 0 Å². The summed E-state index contributed by atoms with van der Waals surface area (Å²) in [5.74, 6) is 0.329. The molecule has 5 heteroatoms. The Labute approximate surface area is 129 Å². The van der Waals surface area contributed by atoms with Gasteiger partial charge in [0.05, 0.1) is 6.61 Å². The van der Waals surface area contributed by atoms with Crippen LogP contribution in [0, 0.1) is 0 Å². The quantitative estimate of drug-likeness (QED) is 0.892. The average molecular weight is 305 g/mol. The van der Waals surface area contributed by atoms with E-state index in [-0.39, 0.29) is 5.91 Å². The van der Waals surface area contributed by atoms with Crippen molar-refractivity contribution < 1.29 is 9.53 Å². The van der Waals surface area contributed by atoms with E-state index < -0.39 is 0 Å². The maximum Gasteiger partial charge on any atom is 0.251 e. The standard InChI is InChI=1S/C16H17ClN2O2/c1-2-21-15-11-13(8-10-18-15)16(20)19-9-7-12-3-5-14(17)6-4-12/h3-6,8,10-11H,2,7,9H2,1H3,(H,19,20). The van der Waals surface area contributed by atoms with Gasteiger partial charge in [0, 0.05) is 29.4 Å². The van der Waals surface area contributed by atoms with Gasteiger partial charge in [-0.15, -0.1) is 0 Å². The van der Waals surface area contributed by atoms with Crippen LogP contribution in [-0.4, -0.2) is 24.0 Å². The van der Waals surface area contributed by atoms with Gasteiger partial charge in [-0.1, -0.05) is 23.7 Å². The van der Waals surface area contributed by atoms with Crippen LogP contribution in [0.4, 0.5) is 0 Å². The maximum atomic E-state index is 12.0. The molecule has 0 aliphatic rings. The van der Waals surface area contributed by atoms with Crippen molar-refractivity contribution in [2.45, 2.75) is 13.3 Å². The number of aromatic nitrogens is 1. The molecule has 0 unspecified atom stereocenters. The van der Waals surface area contributed by atoms with Crippen molar-refractivity contribution in [2.24, 2.45) is 0 Å². The van der Waals surface area contributed by atoms with Crippen molar-refractivity contribution in [3.63, 3.8) is 0 Å². The van der Waals surface area contributed by atoms with E-state index in [1.807, 2.05) is 31.2 Å². The fourth-order valence-corrected chi connectivity index (χ4v) is 1.98. The predicted octanol–water partition coefficient (Wildman–Crippen LogP) is 3.11. The van der Waals surface area contributed by atoms with Gasteiger partial charge in [0.25, 0.3) is 5.91 Å². The third-order valence-corrected chi connectivity index (χ3v) is 3.15. The molecule has 0 radical (unpaired) electrons. The summed E-state index contributed by atoms with van der Waals surface area (Å²) in [6.07, 6.45) is 2.32. The Bertz CT molecular complexity index is 599. The molecular weight excluding hydrogens is 288 g/mol. The normalized spacial score (nSPS) is 10.2. The Hall–Kier alpha value is -2.07. The molecule has 4 nitrogen and oxygen atoms in total. The molecule has 1 amide bonds. The number of benzene rings is 1. The van der Waals surface area contributed by atoms with Crippen LogP contribution in [0.2, 0.25) is 5.02 Å². The first-order valence-corrected chi connectivity index (χ1v) is 7.18. The van der Waals surface area contributed by atoms with E-state index in [1.54, 1.807) is 18.3 Å². The molecule has 1 aromatic heterocycles.